The molecule has 3 unspecified atom stereocenters. The number of halogens is 12. The Labute approximate surface area is 972 Å². The number of hydrogen-bond acceptors (Lipinski definition) is 23. The number of carbonyl (C=O) groups excluding carboxylic acids is 9. The first-order chi connectivity index (χ1) is 68.0. The van der Waals surface area contributed by atoms with E-state index in [0.29, 0.717) is 116 Å². The molecule has 4 bridgehead atoms. The molecule has 1 radical (unpaired) electrons. The van der Waals surface area contributed by atoms with Crippen LogP contribution < -0.4 is 67.5 Å². The molecule has 6 aliphatic carbocycles. The van der Waals surface area contributed by atoms with Gasteiger partial charge in [0.25, 0.3) is 34.8 Å². The quantitative estimate of drug-likeness (QED) is 0.0101. The molecule has 0 spiro atoms. The molecule has 3 heterocycles. The molecular formula is C97H132B5Cl12N7NaO24U. The number of nitrogens with one attached hydrogen (secondary N) is 4. The van der Waals surface area contributed by atoms with Crippen molar-refractivity contribution >= 4 is 252 Å². The Bertz CT molecular complexity index is 5330. The van der Waals surface area contributed by atoms with Gasteiger partial charge in [0.1, 0.15) is 13.3 Å². The van der Waals surface area contributed by atoms with Crippen molar-refractivity contribution in [2.45, 2.75) is 253 Å². The van der Waals surface area contributed by atoms with E-state index in [1.807, 2.05) is 13.8 Å². The molecular weight excluding hydrogens is 2390 g/mol. The van der Waals surface area contributed by atoms with E-state index < -0.39 is 96.5 Å². The number of amides is 4. The Morgan fingerprint density at radius 1 is 0.483 bits per heavy atom. The van der Waals surface area contributed by atoms with Crippen molar-refractivity contribution in [3.8, 4) is 0 Å². The second-order valence-corrected chi connectivity index (χ2v) is 44.5. The van der Waals surface area contributed by atoms with Gasteiger partial charge in [0, 0.05) is 93.1 Å². The van der Waals surface area contributed by atoms with Gasteiger partial charge >= 0.3 is 74.8 Å². The molecule has 5 aromatic carbocycles. The Hall–Kier alpha value is -4.49. The zero-order valence-electron chi connectivity index (χ0n) is 87.3. The smallest absolute Gasteiger partial charge is 0.870 e. The molecule has 9 aliphatic rings. The maximum atomic E-state index is 12.9. The molecule has 13 atom stereocenters. The molecule has 9 fully saturated rings. The van der Waals surface area contributed by atoms with Gasteiger partial charge in [-0.1, -0.05) is 231 Å². The van der Waals surface area contributed by atoms with E-state index >= 15 is 0 Å². The van der Waals surface area contributed by atoms with E-state index in [-0.39, 0.29) is 220 Å². The molecule has 4 amide bonds. The summed E-state index contributed by atoms with van der Waals surface area (Å²) in [6.07, 6.45) is 8.03. The third-order valence-corrected chi connectivity index (χ3v) is 29.7. The number of carbonyl (C=O) groups is 13. The molecule has 31 nitrogen and oxygen atoms in total. The van der Waals surface area contributed by atoms with Gasteiger partial charge in [-0.25, -0.2) is 10.0 Å². The summed E-state index contributed by atoms with van der Waals surface area (Å²) in [5.41, 5.74) is 9.85. The predicted molar refractivity (Wildman–Crippen MR) is 575 cm³/mol. The first kappa shape index (κ1) is 137. The summed E-state index contributed by atoms with van der Waals surface area (Å²) in [6.45, 7) is 34.3. The summed E-state index contributed by atoms with van der Waals surface area (Å²) in [5, 5.41) is 51.3. The van der Waals surface area contributed by atoms with Crippen LogP contribution >= 0.6 is 139 Å². The summed E-state index contributed by atoms with van der Waals surface area (Å²) in [5.74, 6) is -4.85. The number of hydrogen-bond donors (Lipinski definition) is 11. The molecule has 14 rings (SSSR count). The summed E-state index contributed by atoms with van der Waals surface area (Å²) >= 11 is 67.8. The minimum atomic E-state index is -2.30. The van der Waals surface area contributed by atoms with E-state index in [0.717, 1.165) is 44.3 Å². The first-order valence-electron chi connectivity index (χ1n) is 48.0. The SMILES string of the molecule is CC(C)C[C@H](CC(=O)CNC(=O)c1cc(Cl)ccc1Cl)B1OC(=O)CC(CC(=O)O)(C(=O)O)O1.CC(C)C[C@H](CC(=O)CNC(=O)c1cc(Cl)ccc1Cl)B1O[C@@H]2C[C@@H]3CC(C3(C)C)[C@]2(C)O1.CC(C)C[C@H](N)B1O[C@@H]2C[C@@H]3CC(C3(C)C)[C@]2(C)O1.CCB(C)[C@@H](CC(=O)CNC(=O)c1cc(Cl)ccc1Cl)CC(C)C.NCC(=O)O.NCl.O=C(Cl)c1cc(Cl)ccc1Cl.O=C(O)CNC(=O)c1cc(Cl)ccc1Cl.[3H][B][3H].[Na+].[OH-].[U]. The summed E-state index contributed by atoms with van der Waals surface area (Å²) in [7, 11) is -1.53. The van der Waals surface area contributed by atoms with Crippen molar-refractivity contribution < 1.29 is 177 Å². The van der Waals surface area contributed by atoms with Crippen LogP contribution in [0, 0.1) is 89.3 Å². The van der Waals surface area contributed by atoms with Crippen LogP contribution in [0.25, 0.3) is 0 Å². The van der Waals surface area contributed by atoms with E-state index in [4.69, 9.17) is 179 Å². The third kappa shape index (κ3) is 42.2. The summed E-state index contributed by atoms with van der Waals surface area (Å²) in [4.78, 5) is 151. The maximum Gasteiger partial charge on any atom is 1.00 e. The molecule has 3 saturated heterocycles. The Morgan fingerprint density at radius 2 is 0.796 bits per heavy atom. The second kappa shape index (κ2) is 64.9. The van der Waals surface area contributed by atoms with E-state index in [2.05, 4.69) is 141 Å². The van der Waals surface area contributed by atoms with Crippen LogP contribution in [0.3, 0.4) is 0 Å². The van der Waals surface area contributed by atoms with Crippen LogP contribution in [0.2, 0.25) is 80.8 Å². The topological polar surface area (TPSA) is 514 Å². The van der Waals surface area contributed by atoms with Crippen LogP contribution in [0.4, 0.5) is 0 Å². The second-order valence-electron chi connectivity index (χ2n) is 39.9. The van der Waals surface area contributed by atoms with Gasteiger partial charge in [0.05, 0.1) is 124 Å². The fraction of sp³-hybridized carbons (Fsp3) is 0.557. The van der Waals surface area contributed by atoms with Gasteiger partial charge in [-0.15, -0.1) is 0 Å². The molecule has 0 aromatic heterocycles. The molecule has 147 heavy (non-hydrogen) atoms. The maximum absolute atomic E-state index is 12.9. The standard InChI is InChI=1S/C25H34BCl2NO4.C21H24BCl2NO9.C18H26BCl2NO2.C15H28BNO2.C9H7Cl2NO3.C7H3Cl3O.C2H5NO2.BH2.ClH2N.Na.H2O.U/c1-14(2)8-16(11-18(30)13-29-23(31)19-12-17(27)6-7-20(19)28)26-32-22-10-15-9-21(24(15,3)4)25(22,5)33-26;1-11(2)5-12(22-33-18(29)9-21(34-22,20(31)32)8-17(27)28)6-14(26)10-25-19(30)15-7-13(23)3-4-16(15)24;1-5-19(4)13(8-12(2)3)9-15(23)11-22-18(24)16-10-14(20)6-7-17(16)21;1-9(2)6-13(17)16-18-12-8-10-7-11(14(10,3)4)15(12,5)19-16;10-5-1-2-7(11)6(3-5)9(15)12-4-8(13)14;8-4-1-2-6(9)5(3-4)7(10)11;3-1-2(4)5;;1-2;;;/h6-7,12,14-16,21-22H,8-11,13H2,1-5H3,(H,29,31);3-4,7,11-12H,5-6,8-10H2,1-2H3,(H,25,30)(H,27,28)(H,31,32);6-7,10,12-13H,5,8-9,11H2,1-4H3,(H,22,24);9-13H,6-8,17H2,1-5H3;1-3H,4H2,(H,12,15)(H,13,14);1-3H;1,3H2,(H,4,5);1H2;2H2;;1H2;/q;;;;;;;;;+1;;/p-1/t15-,16+,21?,22+,25-;12-,21?;13-;10-,11?,12+,13-,15-;;;;;;;;/m0110......../s1/i;;;;;;;1T2;;;;. The molecule has 50 heteroatoms. The average molecular weight is 2520 g/mol. The monoisotopic (exact) mass is 2520 g/mol. The number of Topliss-reactive ketones (excluding diaryl/α,β-unsaturated/α-hetero) is 3. The fourth-order valence-electron chi connectivity index (χ4n) is 19.0. The molecule has 3 aliphatic heterocycles. The molecule has 5 aromatic rings. The van der Waals surface area contributed by atoms with Crippen LogP contribution in [0.1, 0.15) is 239 Å². The number of carboxylic acids is 4. The van der Waals surface area contributed by atoms with Gasteiger partial charge in [-0.2, -0.15) is 0 Å². The zero-order valence-corrected chi connectivity index (χ0v) is 101. The Kier molecular flexibility index (Phi) is 60.3. The molecule has 803 valence electrons. The largest absolute Gasteiger partial charge is 1.00 e. The minimum Gasteiger partial charge on any atom is -0.870 e. The van der Waals surface area contributed by atoms with Crippen LogP contribution in [-0.2, 0) is 66.3 Å². The van der Waals surface area contributed by atoms with Gasteiger partial charge in [-0.3, -0.25) is 57.5 Å². The number of benzene rings is 5. The average Bonchev–Trinajstić information content (AvgIpc) is 1.60. The van der Waals surface area contributed by atoms with Crippen molar-refractivity contribution in [3.05, 3.63) is 169 Å². The summed E-state index contributed by atoms with van der Waals surface area (Å²) in [6, 6.07) is 22.6. The van der Waals surface area contributed by atoms with Crippen molar-refractivity contribution in [3.63, 3.8) is 0 Å². The third-order valence-electron chi connectivity index (χ3n) is 26.6. The van der Waals surface area contributed by atoms with E-state index in [1.54, 1.807) is 30.3 Å². The van der Waals surface area contributed by atoms with E-state index in [1.165, 1.54) is 73.5 Å². The summed E-state index contributed by atoms with van der Waals surface area (Å²) < 4.78 is 47.8. The fourth-order valence-corrected chi connectivity index (χ4v) is 21.1. The molecule has 15 N–H and O–H groups in total. The number of carboxylic acid groups (broad SMARTS) is 4. The number of nitrogens with two attached hydrogens (primary N) is 3. The zero-order chi connectivity index (χ0) is 111. The molecule has 6 saturated carbocycles. The van der Waals surface area contributed by atoms with E-state index in [9.17, 15) is 67.4 Å². The van der Waals surface area contributed by atoms with Crippen molar-refractivity contribution in [1.82, 2.24) is 21.3 Å². The first-order valence-corrected chi connectivity index (χ1v) is 51.4. The van der Waals surface area contributed by atoms with Crippen molar-refractivity contribution in [2.24, 2.45) is 74.9 Å². The number of rotatable bonds is 36. The normalized spacial score (nSPS) is 21.1. The Balaban J connectivity index is 0.000000900. The van der Waals surface area contributed by atoms with Gasteiger partial charge in [-0.05, 0) is 234 Å². The Morgan fingerprint density at radius 3 is 1.10 bits per heavy atom. The number of ketones is 3. The van der Waals surface area contributed by atoms with Crippen LogP contribution in [0.15, 0.2) is 91.0 Å². The van der Waals surface area contributed by atoms with Gasteiger partial charge < -0.3 is 86.6 Å². The minimum absolute atomic E-state index is 0. The predicted octanol–water partition coefficient (Wildman–Crippen LogP) is 16.8. The van der Waals surface area contributed by atoms with Crippen molar-refractivity contribution in [2.75, 3.05) is 32.7 Å². The number of aliphatic carboxylic acids is 4. The van der Waals surface area contributed by atoms with Gasteiger partial charge in [0.2, 0.25) is 0 Å². The van der Waals surface area contributed by atoms with Gasteiger partial charge in [0.15, 0.2) is 23.0 Å². The van der Waals surface area contributed by atoms with Crippen LogP contribution in [0.5, 0.6) is 0 Å². The van der Waals surface area contributed by atoms with Crippen LogP contribution in [-0.4, -0.2) is 209 Å². The van der Waals surface area contributed by atoms with Crippen molar-refractivity contribution in [1.29, 1.82) is 2.67 Å².